The second-order valence-corrected chi connectivity index (χ2v) is 9.46. The van der Waals surface area contributed by atoms with Crippen LogP contribution in [0.4, 0.5) is 10.3 Å². The van der Waals surface area contributed by atoms with Crippen LogP contribution >= 0.6 is 0 Å². The van der Waals surface area contributed by atoms with Crippen molar-refractivity contribution >= 4 is 5.95 Å². The number of halogens is 1. The molecule has 0 unspecified atom stereocenters. The third-order valence-corrected chi connectivity index (χ3v) is 6.14. The third-order valence-electron chi connectivity index (χ3n) is 6.14. The normalized spacial score (nSPS) is 23.0. The molecule has 10 nitrogen and oxygen atoms in total. The number of H-pyrrole nitrogens is 1. The van der Waals surface area contributed by atoms with Crippen LogP contribution in [-0.2, 0) is 14.2 Å². The summed E-state index contributed by atoms with van der Waals surface area (Å²) >= 11 is 0. The van der Waals surface area contributed by atoms with E-state index in [1.165, 1.54) is 12.1 Å². The summed E-state index contributed by atoms with van der Waals surface area (Å²) in [7, 11) is 0. The van der Waals surface area contributed by atoms with Crippen LogP contribution in [0.1, 0.15) is 25.5 Å². The fourth-order valence-electron chi connectivity index (χ4n) is 4.20. The van der Waals surface area contributed by atoms with Crippen molar-refractivity contribution in [2.75, 3.05) is 57.9 Å². The van der Waals surface area contributed by atoms with Crippen molar-refractivity contribution in [2.45, 2.75) is 25.2 Å². The number of anilines is 1. The Hall–Kier alpha value is -2.96. The molecule has 0 aliphatic carbocycles. The standard InChI is InChI=1S/C25H32FN7O3/c1-25(27)15-35-23(36-16-25)22-31-20(17-3-5-18(26)6-4-17)21(32-22)19-7-9-29-24(30-19)28-8-2-10-33-11-13-34-14-12-33/h3-7,9,23H,2,8,10-16,27H2,1H3,(H,31,32)(H,28,29,30). The summed E-state index contributed by atoms with van der Waals surface area (Å²) in [6, 6.07) is 7.99. The Morgan fingerprint density at radius 3 is 2.64 bits per heavy atom. The number of nitrogens with zero attached hydrogens (tertiary/aromatic N) is 4. The molecule has 2 saturated heterocycles. The first-order valence-electron chi connectivity index (χ1n) is 12.2. The van der Waals surface area contributed by atoms with E-state index in [4.69, 9.17) is 29.9 Å². The number of hydrogen-bond acceptors (Lipinski definition) is 9. The number of nitrogens with two attached hydrogens (primary N) is 1. The topological polar surface area (TPSA) is 123 Å². The fraction of sp³-hybridized carbons (Fsp3) is 0.480. The van der Waals surface area contributed by atoms with Crippen molar-refractivity contribution in [2.24, 2.45) is 5.73 Å². The summed E-state index contributed by atoms with van der Waals surface area (Å²) in [5.74, 6) is 0.709. The van der Waals surface area contributed by atoms with Gasteiger partial charge in [-0.15, -0.1) is 0 Å². The Morgan fingerprint density at radius 1 is 1.14 bits per heavy atom. The highest BCUT2D eigenvalue weighted by molar-refractivity contribution is 5.77. The predicted octanol–water partition coefficient (Wildman–Crippen LogP) is 2.57. The number of aromatic amines is 1. The number of morpholine rings is 1. The maximum atomic E-state index is 13.6. The van der Waals surface area contributed by atoms with Gasteiger partial charge in [0.15, 0.2) is 5.82 Å². The third kappa shape index (κ3) is 6.05. The van der Waals surface area contributed by atoms with Gasteiger partial charge in [-0.1, -0.05) is 0 Å². The van der Waals surface area contributed by atoms with E-state index >= 15 is 0 Å². The molecule has 0 spiro atoms. The van der Waals surface area contributed by atoms with E-state index in [9.17, 15) is 4.39 Å². The number of nitrogens with one attached hydrogen (secondary N) is 2. The zero-order valence-corrected chi connectivity index (χ0v) is 20.4. The van der Waals surface area contributed by atoms with Gasteiger partial charge in [-0.3, -0.25) is 4.90 Å². The Labute approximate surface area is 209 Å². The monoisotopic (exact) mass is 497 g/mol. The minimum atomic E-state index is -0.686. The minimum Gasteiger partial charge on any atom is -0.379 e. The van der Waals surface area contributed by atoms with Gasteiger partial charge in [0.25, 0.3) is 0 Å². The van der Waals surface area contributed by atoms with Gasteiger partial charge in [0, 0.05) is 31.4 Å². The van der Waals surface area contributed by atoms with Gasteiger partial charge < -0.3 is 30.2 Å². The number of benzene rings is 1. The zero-order chi connectivity index (χ0) is 25.0. The smallest absolute Gasteiger partial charge is 0.223 e. The number of rotatable bonds is 8. The molecule has 0 atom stereocenters. The molecule has 2 aliphatic rings. The first-order chi connectivity index (χ1) is 17.5. The summed E-state index contributed by atoms with van der Waals surface area (Å²) in [5.41, 5.74) is 8.24. The molecule has 3 aromatic rings. The highest BCUT2D eigenvalue weighted by Gasteiger charge is 2.32. The molecular weight excluding hydrogens is 465 g/mol. The number of imidazole rings is 1. The van der Waals surface area contributed by atoms with E-state index in [0.29, 0.717) is 42.1 Å². The lowest BCUT2D eigenvalue weighted by atomic mass is 10.1. The molecule has 0 amide bonds. The van der Waals surface area contributed by atoms with Gasteiger partial charge in [0.1, 0.15) is 5.82 Å². The molecule has 5 rings (SSSR count). The maximum Gasteiger partial charge on any atom is 0.223 e. The van der Waals surface area contributed by atoms with Gasteiger partial charge in [-0.2, -0.15) is 0 Å². The first kappa shape index (κ1) is 24.7. The minimum absolute atomic E-state index is 0.317. The van der Waals surface area contributed by atoms with Gasteiger partial charge in [0.05, 0.1) is 49.0 Å². The molecule has 2 aromatic heterocycles. The molecule has 36 heavy (non-hydrogen) atoms. The van der Waals surface area contributed by atoms with E-state index in [1.54, 1.807) is 18.3 Å². The van der Waals surface area contributed by atoms with Gasteiger partial charge in [0.2, 0.25) is 12.2 Å². The van der Waals surface area contributed by atoms with Crippen LogP contribution in [0.3, 0.4) is 0 Å². The van der Waals surface area contributed by atoms with E-state index < -0.39 is 11.8 Å². The zero-order valence-electron chi connectivity index (χ0n) is 20.4. The first-order valence-corrected chi connectivity index (χ1v) is 12.2. The Balaban J connectivity index is 1.34. The lowest BCUT2D eigenvalue weighted by molar-refractivity contribution is -0.211. The fourth-order valence-corrected chi connectivity index (χ4v) is 4.20. The molecule has 4 heterocycles. The summed E-state index contributed by atoms with van der Waals surface area (Å²) < 4.78 is 30.6. The van der Waals surface area contributed by atoms with E-state index in [2.05, 4.69) is 20.2 Å². The molecule has 11 heteroatoms. The van der Waals surface area contributed by atoms with E-state index in [-0.39, 0.29) is 5.82 Å². The summed E-state index contributed by atoms with van der Waals surface area (Å²) in [6.07, 6.45) is 1.99. The van der Waals surface area contributed by atoms with Crippen molar-refractivity contribution in [1.82, 2.24) is 24.8 Å². The van der Waals surface area contributed by atoms with E-state index in [0.717, 1.165) is 51.4 Å². The van der Waals surface area contributed by atoms with Crippen molar-refractivity contribution < 1.29 is 18.6 Å². The van der Waals surface area contributed by atoms with Crippen LogP contribution in [-0.4, -0.2) is 83.0 Å². The second kappa shape index (κ2) is 11.0. The Kier molecular flexibility index (Phi) is 7.54. The molecule has 0 radical (unpaired) electrons. The predicted molar refractivity (Wildman–Crippen MR) is 133 cm³/mol. The number of ether oxygens (including phenoxy) is 3. The Morgan fingerprint density at radius 2 is 1.89 bits per heavy atom. The molecule has 192 valence electrons. The quantitative estimate of drug-likeness (QED) is 0.403. The van der Waals surface area contributed by atoms with Gasteiger partial charge in [-0.05, 0) is 50.2 Å². The summed E-state index contributed by atoms with van der Waals surface area (Å²) in [4.78, 5) is 19.5. The van der Waals surface area contributed by atoms with Crippen molar-refractivity contribution in [3.8, 4) is 22.6 Å². The van der Waals surface area contributed by atoms with Gasteiger partial charge >= 0.3 is 0 Å². The van der Waals surface area contributed by atoms with Crippen molar-refractivity contribution in [3.05, 3.63) is 48.2 Å². The molecule has 0 saturated carbocycles. The average molecular weight is 498 g/mol. The second-order valence-electron chi connectivity index (χ2n) is 9.46. The lowest BCUT2D eigenvalue weighted by Gasteiger charge is -2.33. The Bertz CT molecular complexity index is 1140. The van der Waals surface area contributed by atoms with Crippen LogP contribution in [0, 0.1) is 5.82 Å². The molecule has 0 bridgehead atoms. The highest BCUT2D eigenvalue weighted by Crippen LogP contribution is 2.33. The number of hydrogen-bond donors (Lipinski definition) is 3. The maximum absolute atomic E-state index is 13.6. The van der Waals surface area contributed by atoms with Crippen LogP contribution in [0.2, 0.25) is 0 Å². The van der Waals surface area contributed by atoms with Crippen molar-refractivity contribution in [1.29, 1.82) is 0 Å². The summed E-state index contributed by atoms with van der Waals surface area (Å²) in [6.45, 7) is 7.83. The van der Waals surface area contributed by atoms with Crippen LogP contribution in [0.15, 0.2) is 36.5 Å². The largest absolute Gasteiger partial charge is 0.379 e. The molecular formula is C25H32FN7O3. The number of aromatic nitrogens is 4. The summed E-state index contributed by atoms with van der Waals surface area (Å²) in [5, 5.41) is 3.31. The molecule has 4 N–H and O–H groups in total. The SMILES string of the molecule is CC1(N)COC(c2nc(-c3ccc(F)cc3)c(-c3ccnc(NCCCN4CCOCC4)n3)[nH]2)OC1. The molecule has 1 aromatic carbocycles. The lowest BCUT2D eigenvalue weighted by Crippen LogP contribution is -2.50. The van der Waals surface area contributed by atoms with Gasteiger partial charge in [-0.25, -0.2) is 19.3 Å². The van der Waals surface area contributed by atoms with E-state index in [1.807, 2.05) is 13.0 Å². The van der Waals surface area contributed by atoms with Crippen LogP contribution < -0.4 is 11.1 Å². The average Bonchev–Trinajstić information content (AvgIpc) is 3.33. The molecule has 2 aliphatic heterocycles. The van der Waals surface area contributed by atoms with Crippen LogP contribution in [0.25, 0.3) is 22.6 Å². The van der Waals surface area contributed by atoms with Crippen molar-refractivity contribution in [3.63, 3.8) is 0 Å². The highest BCUT2D eigenvalue weighted by atomic mass is 19.1. The molecule has 2 fully saturated rings. The van der Waals surface area contributed by atoms with Crippen LogP contribution in [0.5, 0.6) is 0 Å².